The highest BCUT2D eigenvalue weighted by Gasteiger charge is 2.41. The Morgan fingerprint density at radius 2 is 1.69 bits per heavy atom. The molecule has 1 saturated heterocycles. The molecule has 1 fully saturated rings. The molecular formula is C27H29N3O2. The number of hydrogen-bond acceptors (Lipinski definition) is 3. The number of rotatable bonds is 5. The molecule has 5 nitrogen and oxygen atoms in total. The van der Waals surface area contributed by atoms with E-state index in [2.05, 4.69) is 22.9 Å². The van der Waals surface area contributed by atoms with E-state index in [9.17, 15) is 9.59 Å². The number of nitrogens with zero attached hydrogens (tertiary/aromatic N) is 2. The topological polar surface area (TPSA) is 56.4 Å². The summed E-state index contributed by atoms with van der Waals surface area (Å²) in [5.41, 5.74) is 5.31. The van der Waals surface area contributed by atoms with Gasteiger partial charge in [-0.1, -0.05) is 55.0 Å². The number of H-pyrrole nitrogens is 1. The maximum Gasteiger partial charge on any atom is 0.277 e. The second-order valence-electron chi connectivity index (χ2n) is 9.13. The van der Waals surface area contributed by atoms with Gasteiger partial charge < -0.3 is 9.88 Å². The number of carbonyl (C=O) groups is 2. The summed E-state index contributed by atoms with van der Waals surface area (Å²) in [6, 6.07) is 16.1. The fraction of sp³-hybridized carbons (Fsp3) is 0.333. The number of benzene rings is 2. The fourth-order valence-electron chi connectivity index (χ4n) is 4.84. The lowest BCUT2D eigenvalue weighted by Crippen LogP contribution is -2.39. The Hall–Kier alpha value is -3.34. The predicted molar refractivity (Wildman–Crippen MR) is 127 cm³/mol. The molecule has 1 aromatic heterocycles. The molecule has 2 aliphatic heterocycles. The number of imide groups is 1. The van der Waals surface area contributed by atoms with Gasteiger partial charge in [-0.2, -0.15) is 0 Å². The van der Waals surface area contributed by atoms with Crippen molar-refractivity contribution < 1.29 is 9.59 Å². The number of carbonyl (C=O) groups excluding carboxylic acids is 2. The van der Waals surface area contributed by atoms with E-state index in [-0.39, 0.29) is 11.8 Å². The summed E-state index contributed by atoms with van der Waals surface area (Å²) in [7, 11) is 0. The number of para-hydroxylation sites is 1. The zero-order chi connectivity index (χ0) is 22.2. The number of aromatic amines is 1. The first-order valence-electron chi connectivity index (χ1n) is 11.5. The van der Waals surface area contributed by atoms with Crippen LogP contribution in [0.3, 0.4) is 0 Å². The molecule has 0 spiro atoms. The van der Waals surface area contributed by atoms with Crippen LogP contribution < -0.4 is 0 Å². The molecule has 0 bridgehead atoms. The number of amides is 2. The molecule has 5 rings (SSSR count). The van der Waals surface area contributed by atoms with Gasteiger partial charge in [0, 0.05) is 36.7 Å². The molecule has 32 heavy (non-hydrogen) atoms. The van der Waals surface area contributed by atoms with Crippen molar-refractivity contribution in [2.24, 2.45) is 5.92 Å². The normalized spacial score (nSPS) is 17.8. The molecule has 0 atom stereocenters. The molecular weight excluding hydrogens is 398 g/mol. The first-order chi connectivity index (χ1) is 15.5. The van der Waals surface area contributed by atoms with E-state index >= 15 is 0 Å². The third-order valence-corrected chi connectivity index (χ3v) is 6.86. The second kappa shape index (κ2) is 8.30. The van der Waals surface area contributed by atoms with Crippen LogP contribution in [0.4, 0.5) is 0 Å². The molecule has 2 aliphatic rings. The van der Waals surface area contributed by atoms with E-state index in [4.69, 9.17) is 0 Å². The fourth-order valence-corrected chi connectivity index (χ4v) is 4.84. The Morgan fingerprint density at radius 1 is 0.969 bits per heavy atom. The Kier molecular flexibility index (Phi) is 5.33. The highest BCUT2D eigenvalue weighted by molar-refractivity contribution is 6.35. The maximum atomic E-state index is 13.6. The zero-order valence-electron chi connectivity index (χ0n) is 18.7. The summed E-state index contributed by atoms with van der Waals surface area (Å²) < 4.78 is 0. The molecule has 3 aromatic rings. The van der Waals surface area contributed by atoms with Gasteiger partial charge in [0.15, 0.2) is 0 Å². The van der Waals surface area contributed by atoms with Crippen LogP contribution in [-0.4, -0.2) is 46.2 Å². The number of fused-ring (bicyclic) bond motifs is 1. The first-order valence-corrected chi connectivity index (χ1v) is 11.5. The van der Waals surface area contributed by atoms with Crippen molar-refractivity contribution in [1.82, 2.24) is 14.8 Å². The lowest BCUT2D eigenvalue weighted by Gasteiger charge is -2.32. The van der Waals surface area contributed by atoms with Crippen LogP contribution in [0.15, 0.2) is 60.4 Å². The minimum Gasteiger partial charge on any atom is -0.366 e. The van der Waals surface area contributed by atoms with Crippen molar-refractivity contribution in [3.63, 3.8) is 0 Å². The van der Waals surface area contributed by atoms with Crippen LogP contribution in [0.25, 0.3) is 16.5 Å². The summed E-state index contributed by atoms with van der Waals surface area (Å²) >= 11 is 0. The first kappa shape index (κ1) is 20.6. The van der Waals surface area contributed by atoms with Crippen molar-refractivity contribution in [2.75, 3.05) is 19.6 Å². The summed E-state index contributed by atoms with van der Waals surface area (Å²) in [5.74, 6) is 0.326. The number of nitrogens with one attached hydrogen (secondary N) is 1. The van der Waals surface area contributed by atoms with Gasteiger partial charge in [-0.05, 0) is 49.3 Å². The highest BCUT2D eigenvalue weighted by Crippen LogP contribution is 2.34. The highest BCUT2D eigenvalue weighted by atomic mass is 16.2. The number of likely N-dealkylation sites (tertiary alicyclic amines) is 1. The Morgan fingerprint density at radius 3 is 2.44 bits per heavy atom. The quantitative estimate of drug-likeness (QED) is 0.609. The lowest BCUT2D eigenvalue weighted by molar-refractivity contribution is -0.137. The Balaban J connectivity index is 1.45. The molecule has 0 saturated carbocycles. The summed E-state index contributed by atoms with van der Waals surface area (Å²) in [6.45, 7) is 6.30. The summed E-state index contributed by atoms with van der Waals surface area (Å²) in [5, 5.41) is 1.14. The SMILES string of the molecule is Cc1ccc(C2=C(N3CCC(C)CC3)C(=O)N(CCc3c[nH]c4ccccc34)C2=O)cc1. The number of aryl methyl sites for hydroxylation is 1. The van der Waals surface area contributed by atoms with Gasteiger partial charge in [0.2, 0.25) is 0 Å². The van der Waals surface area contributed by atoms with Crippen LogP contribution in [0.1, 0.15) is 36.5 Å². The third kappa shape index (κ3) is 3.62. The minimum absolute atomic E-state index is 0.153. The van der Waals surface area contributed by atoms with Gasteiger partial charge in [-0.25, -0.2) is 0 Å². The number of aromatic nitrogens is 1. The largest absolute Gasteiger partial charge is 0.366 e. The summed E-state index contributed by atoms with van der Waals surface area (Å²) in [4.78, 5) is 34.0. The van der Waals surface area contributed by atoms with Gasteiger partial charge >= 0.3 is 0 Å². The van der Waals surface area contributed by atoms with E-state index in [0.29, 0.717) is 30.2 Å². The Bertz CT molecular complexity index is 1200. The van der Waals surface area contributed by atoms with Gasteiger partial charge in [0.05, 0.1) is 5.57 Å². The second-order valence-corrected chi connectivity index (χ2v) is 9.13. The average molecular weight is 428 g/mol. The molecule has 2 aromatic carbocycles. The Labute approximate surface area is 188 Å². The van der Waals surface area contributed by atoms with Gasteiger partial charge in [0.25, 0.3) is 11.8 Å². The molecule has 1 N–H and O–H groups in total. The van der Waals surface area contributed by atoms with E-state index in [1.165, 1.54) is 4.90 Å². The van der Waals surface area contributed by atoms with Crippen LogP contribution in [0.5, 0.6) is 0 Å². The molecule has 5 heteroatoms. The lowest BCUT2D eigenvalue weighted by atomic mass is 9.97. The van der Waals surface area contributed by atoms with Crippen molar-refractivity contribution in [3.8, 4) is 0 Å². The van der Waals surface area contributed by atoms with Crippen LogP contribution in [0, 0.1) is 12.8 Å². The van der Waals surface area contributed by atoms with E-state index in [0.717, 1.165) is 53.5 Å². The van der Waals surface area contributed by atoms with Crippen molar-refractivity contribution in [2.45, 2.75) is 33.1 Å². The van der Waals surface area contributed by atoms with Crippen molar-refractivity contribution >= 4 is 28.3 Å². The number of piperidine rings is 1. The van der Waals surface area contributed by atoms with Crippen molar-refractivity contribution in [3.05, 3.63) is 77.1 Å². The molecule has 0 unspecified atom stereocenters. The van der Waals surface area contributed by atoms with Gasteiger partial charge in [-0.3, -0.25) is 14.5 Å². The standard InChI is InChI=1S/C27H29N3O2/c1-18-7-9-20(10-8-18)24-25(29-14-11-19(2)12-15-29)27(32)30(26(24)31)16-13-21-17-28-23-6-4-3-5-22(21)23/h3-10,17,19,28H,11-16H2,1-2H3. The maximum absolute atomic E-state index is 13.6. The smallest absolute Gasteiger partial charge is 0.277 e. The van der Waals surface area contributed by atoms with Crippen LogP contribution >= 0.6 is 0 Å². The zero-order valence-corrected chi connectivity index (χ0v) is 18.7. The van der Waals surface area contributed by atoms with Crippen LogP contribution in [-0.2, 0) is 16.0 Å². The molecule has 164 valence electrons. The van der Waals surface area contributed by atoms with Crippen molar-refractivity contribution in [1.29, 1.82) is 0 Å². The summed E-state index contributed by atoms with van der Waals surface area (Å²) in [6.07, 6.45) is 4.70. The molecule has 0 aliphatic carbocycles. The third-order valence-electron chi connectivity index (χ3n) is 6.86. The van der Waals surface area contributed by atoms with Gasteiger partial charge in [0.1, 0.15) is 5.70 Å². The molecule has 3 heterocycles. The van der Waals surface area contributed by atoms with Crippen LogP contribution in [0.2, 0.25) is 0 Å². The van der Waals surface area contributed by atoms with E-state index in [1.54, 1.807) is 0 Å². The van der Waals surface area contributed by atoms with Gasteiger partial charge in [-0.15, -0.1) is 0 Å². The van der Waals surface area contributed by atoms with E-state index < -0.39 is 0 Å². The average Bonchev–Trinajstić information content (AvgIpc) is 3.32. The monoisotopic (exact) mass is 427 g/mol. The minimum atomic E-state index is -0.174. The molecule has 2 amide bonds. The predicted octanol–water partition coefficient (Wildman–Crippen LogP) is 4.53. The van der Waals surface area contributed by atoms with E-state index in [1.807, 2.05) is 55.6 Å². The molecule has 0 radical (unpaired) electrons. The number of hydrogen-bond donors (Lipinski definition) is 1.